The summed E-state index contributed by atoms with van der Waals surface area (Å²) in [6.45, 7) is 5.59. The van der Waals surface area contributed by atoms with Crippen LogP contribution in [0.15, 0.2) is 12.7 Å². The maximum Gasteiger partial charge on any atom is 0.505 e. The van der Waals surface area contributed by atoms with E-state index in [2.05, 4.69) is 6.58 Å². The van der Waals surface area contributed by atoms with E-state index in [1.54, 1.807) is 35.5 Å². The van der Waals surface area contributed by atoms with Gasteiger partial charge in [0.15, 0.2) is 0 Å². The molecule has 0 bridgehead atoms. The lowest BCUT2D eigenvalue weighted by Gasteiger charge is -2.39. The number of hydrogen-bond acceptors (Lipinski definition) is 7. The highest BCUT2D eigenvalue weighted by Crippen LogP contribution is 2.37. The quantitative estimate of drug-likeness (QED) is 0.229. The van der Waals surface area contributed by atoms with E-state index in [-0.39, 0.29) is 11.8 Å². The minimum atomic E-state index is -2.90. The van der Waals surface area contributed by atoms with Crippen LogP contribution in [0.3, 0.4) is 0 Å². The van der Waals surface area contributed by atoms with Gasteiger partial charge >= 0.3 is 23.3 Å². The molecule has 1 unspecified atom stereocenters. The number of rotatable bonds is 12. The Morgan fingerprint density at radius 3 is 1.91 bits per heavy atom. The topological polar surface area (TPSA) is 72.5 Å². The van der Waals surface area contributed by atoms with Crippen molar-refractivity contribution in [2.75, 3.05) is 42.2 Å². The van der Waals surface area contributed by atoms with Gasteiger partial charge < -0.3 is 26.9 Å². The Labute approximate surface area is 135 Å². The van der Waals surface area contributed by atoms with Gasteiger partial charge in [0.1, 0.15) is 0 Å². The number of hydrogen-bond donors (Lipinski definition) is 0. The molecular formula is C13H28O7Si2. The second-order valence-corrected chi connectivity index (χ2v) is 12.3. The molecule has 0 aliphatic heterocycles. The highest BCUT2D eigenvalue weighted by molar-refractivity contribution is 6.85. The third-order valence-electron chi connectivity index (χ3n) is 3.82. The molecule has 0 rings (SSSR count). The highest BCUT2D eigenvalue weighted by Gasteiger charge is 2.58. The van der Waals surface area contributed by atoms with Gasteiger partial charge in [-0.2, -0.15) is 0 Å². The summed E-state index contributed by atoms with van der Waals surface area (Å²) in [6, 6.07) is 0.621. The molecule has 0 aliphatic carbocycles. The largest absolute Gasteiger partial charge is 0.505 e. The van der Waals surface area contributed by atoms with Gasteiger partial charge in [0.05, 0.1) is 11.8 Å². The van der Waals surface area contributed by atoms with Gasteiger partial charge in [-0.25, -0.2) is 4.79 Å². The molecule has 0 N–H and O–H groups in total. The summed E-state index contributed by atoms with van der Waals surface area (Å²) in [5.74, 6) is -0.440. The maximum absolute atomic E-state index is 11.1. The molecule has 22 heavy (non-hydrogen) atoms. The molecule has 0 aromatic rings. The molecular weight excluding hydrogens is 324 g/mol. The lowest BCUT2D eigenvalue weighted by atomic mass is 10.5. The van der Waals surface area contributed by atoms with Crippen LogP contribution in [-0.4, -0.2) is 65.5 Å². The summed E-state index contributed by atoms with van der Waals surface area (Å²) in [5, 5.41) is -0.148. The maximum atomic E-state index is 11.1. The van der Waals surface area contributed by atoms with Crippen molar-refractivity contribution in [3.8, 4) is 0 Å². The summed E-state index contributed by atoms with van der Waals surface area (Å²) < 4.78 is 33.1. The molecule has 0 aliphatic rings. The number of ether oxygens (including phenoxy) is 1. The van der Waals surface area contributed by atoms with Crippen molar-refractivity contribution in [2.24, 2.45) is 0 Å². The van der Waals surface area contributed by atoms with Crippen LogP contribution in [-0.2, 0) is 31.7 Å². The van der Waals surface area contributed by atoms with Crippen LogP contribution in [0.25, 0.3) is 0 Å². The Morgan fingerprint density at radius 2 is 1.55 bits per heavy atom. The van der Waals surface area contributed by atoms with Crippen LogP contribution < -0.4 is 0 Å². The summed E-state index contributed by atoms with van der Waals surface area (Å²) in [7, 11) is 2.35. The first-order valence-corrected chi connectivity index (χ1v) is 10.9. The molecule has 0 aromatic carbocycles. The van der Waals surface area contributed by atoms with Crippen molar-refractivity contribution in [1.82, 2.24) is 0 Å². The smallest absolute Gasteiger partial charge is 0.463 e. The molecule has 0 amide bonds. The van der Waals surface area contributed by atoms with Gasteiger partial charge in [0.25, 0.3) is 0 Å². The van der Waals surface area contributed by atoms with E-state index >= 15 is 0 Å². The minimum absolute atomic E-state index is 0.148. The van der Waals surface area contributed by atoms with E-state index in [1.807, 2.05) is 6.92 Å². The molecule has 0 aromatic heterocycles. The fourth-order valence-electron chi connectivity index (χ4n) is 2.46. The van der Waals surface area contributed by atoms with Crippen LogP contribution >= 0.6 is 0 Å². The van der Waals surface area contributed by atoms with Crippen LogP contribution in [0.2, 0.25) is 11.2 Å². The third-order valence-corrected chi connectivity index (χ3v) is 12.7. The Bertz CT molecular complexity index is 335. The molecule has 0 heterocycles. The second-order valence-electron chi connectivity index (χ2n) is 4.63. The van der Waals surface area contributed by atoms with Crippen LogP contribution in [0.1, 0.15) is 13.3 Å². The lowest BCUT2D eigenvalue weighted by Crippen LogP contribution is -2.59. The molecule has 0 radical (unpaired) electrons. The summed E-state index contributed by atoms with van der Waals surface area (Å²) in [5.41, 5.74) is 0. The Kier molecular flexibility index (Phi) is 10.0. The molecule has 130 valence electrons. The minimum Gasteiger partial charge on any atom is -0.463 e. The molecule has 1 atom stereocenters. The van der Waals surface area contributed by atoms with Crippen molar-refractivity contribution < 1.29 is 31.7 Å². The first-order chi connectivity index (χ1) is 10.4. The Balaban J connectivity index is 4.99. The fourth-order valence-corrected chi connectivity index (χ4v) is 10.7. The van der Waals surface area contributed by atoms with Gasteiger partial charge in [0, 0.05) is 41.6 Å². The van der Waals surface area contributed by atoms with Gasteiger partial charge in [-0.15, -0.1) is 0 Å². The first-order valence-electron chi connectivity index (χ1n) is 6.96. The molecule has 9 heteroatoms. The second kappa shape index (κ2) is 10.3. The zero-order chi connectivity index (χ0) is 17.2. The lowest BCUT2D eigenvalue weighted by molar-refractivity contribution is -0.137. The van der Waals surface area contributed by atoms with E-state index in [4.69, 9.17) is 26.9 Å². The molecule has 0 spiro atoms. The van der Waals surface area contributed by atoms with Gasteiger partial charge in [0.2, 0.25) is 0 Å². The summed E-state index contributed by atoms with van der Waals surface area (Å²) >= 11 is 0. The normalized spacial score (nSPS) is 13.7. The Hall–Kier alpha value is -0.556. The zero-order valence-electron chi connectivity index (χ0n) is 14.3. The van der Waals surface area contributed by atoms with Crippen molar-refractivity contribution in [3.63, 3.8) is 0 Å². The predicted molar refractivity (Wildman–Crippen MR) is 86.6 cm³/mol. The van der Waals surface area contributed by atoms with E-state index in [0.717, 1.165) is 6.08 Å². The SMILES string of the molecule is C=CC(=O)OCCC[Si](OC)(OC)C(C)[Si](OC)(OC)OC. The highest BCUT2D eigenvalue weighted by atomic mass is 28.4. The molecule has 7 nitrogen and oxygen atoms in total. The summed E-state index contributed by atoms with van der Waals surface area (Å²) in [4.78, 5) is 11.1. The number of esters is 1. The third kappa shape index (κ3) is 4.98. The Morgan fingerprint density at radius 1 is 1.05 bits per heavy atom. The summed E-state index contributed by atoms with van der Waals surface area (Å²) in [6.07, 6.45) is 1.75. The van der Waals surface area contributed by atoms with Gasteiger partial charge in [-0.1, -0.05) is 13.5 Å². The van der Waals surface area contributed by atoms with Crippen molar-refractivity contribution >= 4 is 23.3 Å². The van der Waals surface area contributed by atoms with Gasteiger partial charge in [-0.3, -0.25) is 0 Å². The molecule has 0 fully saturated rings. The predicted octanol–water partition coefficient (Wildman–Crippen LogP) is 1.65. The number of carbonyl (C=O) groups is 1. The van der Waals surface area contributed by atoms with E-state index in [9.17, 15) is 4.79 Å². The number of carbonyl (C=O) groups excluding carboxylic acids is 1. The zero-order valence-corrected chi connectivity index (χ0v) is 16.3. The molecule has 0 saturated carbocycles. The van der Waals surface area contributed by atoms with Crippen LogP contribution in [0, 0.1) is 0 Å². The van der Waals surface area contributed by atoms with Crippen LogP contribution in [0.4, 0.5) is 0 Å². The van der Waals surface area contributed by atoms with Crippen molar-refractivity contribution in [1.29, 1.82) is 0 Å². The van der Waals surface area contributed by atoms with Gasteiger partial charge in [-0.05, 0) is 12.5 Å². The van der Waals surface area contributed by atoms with E-state index in [1.165, 1.54) is 0 Å². The molecule has 0 saturated heterocycles. The van der Waals surface area contributed by atoms with Crippen molar-refractivity contribution in [3.05, 3.63) is 12.7 Å². The van der Waals surface area contributed by atoms with Crippen molar-refractivity contribution in [2.45, 2.75) is 24.6 Å². The van der Waals surface area contributed by atoms with Crippen LogP contribution in [0.5, 0.6) is 0 Å². The fraction of sp³-hybridized carbons (Fsp3) is 0.769. The first kappa shape index (κ1) is 21.4. The van der Waals surface area contributed by atoms with E-state index in [0.29, 0.717) is 12.5 Å². The van der Waals surface area contributed by atoms with E-state index < -0.39 is 23.3 Å². The average molecular weight is 353 g/mol. The monoisotopic (exact) mass is 352 g/mol. The average Bonchev–Trinajstić information content (AvgIpc) is 2.57. The standard InChI is InChI=1S/C13H28O7Si2/c1-8-13(14)20-10-9-11-21(15-3,16-4)12(2)22(17-5,18-6)19-7/h8,12H,1,9-11H2,2-7H3.